The van der Waals surface area contributed by atoms with E-state index >= 15 is 0 Å². The standard InChI is InChI=1S/C11H21NO3/c1-7(2)5-9(12)11(14)15-6-10(13)8(3)4/h7-9H,5-6,12H2,1-4H3/t9-/m0/s1. The van der Waals surface area contributed by atoms with E-state index in [1.54, 1.807) is 13.8 Å². The smallest absolute Gasteiger partial charge is 0.323 e. The maximum atomic E-state index is 11.3. The van der Waals surface area contributed by atoms with Gasteiger partial charge < -0.3 is 10.5 Å². The fourth-order valence-electron chi connectivity index (χ4n) is 1.02. The summed E-state index contributed by atoms with van der Waals surface area (Å²) in [6.45, 7) is 7.33. The molecule has 88 valence electrons. The Morgan fingerprint density at radius 3 is 2.13 bits per heavy atom. The molecule has 15 heavy (non-hydrogen) atoms. The van der Waals surface area contributed by atoms with Gasteiger partial charge in [0.25, 0.3) is 0 Å². The number of rotatable bonds is 6. The lowest BCUT2D eigenvalue weighted by Crippen LogP contribution is -2.35. The summed E-state index contributed by atoms with van der Waals surface area (Å²) in [6, 6.07) is -0.620. The molecule has 0 unspecified atom stereocenters. The molecule has 0 aromatic carbocycles. The third-order valence-corrected chi connectivity index (χ3v) is 2.03. The van der Waals surface area contributed by atoms with Crippen LogP contribution in [0.25, 0.3) is 0 Å². The first-order valence-corrected chi connectivity index (χ1v) is 5.29. The summed E-state index contributed by atoms with van der Waals surface area (Å²) in [5.41, 5.74) is 5.59. The molecule has 0 spiro atoms. The average molecular weight is 215 g/mol. The fraction of sp³-hybridized carbons (Fsp3) is 0.818. The van der Waals surface area contributed by atoms with E-state index in [0.29, 0.717) is 12.3 Å². The van der Waals surface area contributed by atoms with Crippen LogP contribution in [-0.2, 0) is 14.3 Å². The number of ketones is 1. The number of nitrogens with two attached hydrogens (primary N) is 1. The summed E-state index contributed by atoms with van der Waals surface area (Å²) in [6.07, 6.45) is 0.578. The molecule has 0 saturated heterocycles. The highest BCUT2D eigenvalue weighted by Crippen LogP contribution is 2.04. The second-order valence-electron chi connectivity index (χ2n) is 4.46. The Morgan fingerprint density at radius 2 is 1.73 bits per heavy atom. The van der Waals surface area contributed by atoms with Gasteiger partial charge in [0, 0.05) is 5.92 Å². The summed E-state index contributed by atoms with van der Waals surface area (Å²) < 4.78 is 4.81. The fourth-order valence-corrected chi connectivity index (χ4v) is 1.02. The van der Waals surface area contributed by atoms with Gasteiger partial charge >= 0.3 is 5.97 Å². The number of Topliss-reactive ketones (excluding diaryl/α,β-unsaturated/α-hetero) is 1. The lowest BCUT2D eigenvalue weighted by molar-refractivity contribution is -0.150. The van der Waals surface area contributed by atoms with Gasteiger partial charge in [0.1, 0.15) is 12.6 Å². The zero-order valence-electron chi connectivity index (χ0n) is 9.95. The second-order valence-corrected chi connectivity index (χ2v) is 4.46. The molecule has 0 aromatic heterocycles. The van der Waals surface area contributed by atoms with Crippen LogP contribution >= 0.6 is 0 Å². The zero-order valence-corrected chi connectivity index (χ0v) is 9.95. The highest BCUT2D eigenvalue weighted by Gasteiger charge is 2.18. The summed E-state index contributed by atoms with van der Waals surface area (Å²) in [5.74, 6) is -0.342. The third-order valence-electron chi connectivity index (χ3n) is 2.03. The van der Waals surface area contributed by atoms with Crippen molar-refractivity contribution >= 4 is 11.8 Å². The molecule has 0 rings (SSSR count). The van der Waals surface area contributed by atoms with Gasteiger partial charge in [-0.1, -0.05) is 27.7 Å². The molecule has 0 radical (unpaired) electrons. The first-order valence-electron chi connectivity index (χ1n) is 5.29. The van der Waals surface area contributed by atoms with Crippen LogP contribution in [0.2, 0.25) is 0 Å². The van der Waals surface area contributed by atoms with Crippen LogP contribution in [0.15, 0.2) is 0 Å². The Morgan fingerprint density at radius 1 is 1.20 bits per heavy atom. The first kappa shape index (κ1) is 14.1. The predicted molar refractivity (Wildman–Crippen MR) is 58.2 cm³/mol. The Bertz CT molecular complexity index is 224. The average Bonchev–Trinajstić information content (AvgIpc) is 2.12. The quantitative estimate of drug-likeness (QED) is 0.674. The highest BCUT2D eigenvalue weighted by molar-refractivity contribution is 5.84. The van der Waals surface area contributed by atoms with Gasteiger partial charge in [0.15, 0.2) is 5.78 Å². The molecule has 0 saturated carbocycles. The van der Waals surface area contributed by atoms with E-state index in [1.807, 2.05) is 13.8 Å². The maximum Gasteiger partial charge on any atom is 0.323 e. The summed E-state index contributed by atoms with van der Waals surface area (Å²) in [7, 11) is 0. The van der Waals surface area contributed by atoms with Crippen molar-refractivity contribution < 1.29 is 14.3 Å². The maximum absolute atomic E-state index is 11.3. The molecule has 0 aliphatic rings. The van der Waals surface area contributed by atoms with Gasteiger partial charge in [-0.3, -0.25) is 9.59 Å². The topological polar surface area (TPSA) is 69.4 Å². The molecule has 0 aliphatic heterocycles. The molecule has 1 atom stereocenters. The summed E-state index contributed by atoms with van der Waals surface area (Å²) >= 11 is 0. The van der Waals surface area contributed by atoms with Crippen LogP contribution in [0.4, 0.5) is 0 Å². The highest BCUT2D eigenvalue weighted by atomic mass is 16.5. The van der Waals surface area contributed by atoms with Gasteiger partial charge in [0.05, 0.1) is 0 Å². The lowest BCUT2D eigenvalue weighted by Gasteiger charge is -2.13. The van der Waals surface area contributed by atoms with Crippen LogP contribution in [0.1, 0.15) is 34.1 Å². The van der Waals surface area contributed by atoms with E-state index < -0.39 is 12.0 Å². The molecular weight excluding hydrogens is 194 g/mol. The predicted octanol–water partition coefficient (Wildman–Crippen LogP) is 1.13. The van der Waals surface area contributed by atoms with Gasteiger partial charge in [0.2, 0.25) is 0 Å². The molecule has 0 heterocycles. The number of carbonyl (C=O) groups is 2. The molecule has 0 aliphatic carbocycles. The monoisotopic (exact) mass is 215 g/mol. The van der Waals surface area contributed by atoms with Crippen molar-refractivity contribution in [1.29, 1.82) is 0 Å². The van der Waals surface area contributed by atoms with Crippen molar-refractivity contribution in [3.8, 4) is 0 Å². The van der Waals surface area contributed by atoms with Crippen molar-refractivity contribution in [2.75, 3.05) is 6.61 Å². The SMILES string of the molecule is CC(C)C[C@H](N)C(=O)OCC(=O)C(C)C. The molecule has 4 nitrogen and oxygen atoms in total. The largest absolute Gasteiger partial charge is 0.457 e. The Kier molecular flexibility index (Phi) is 6.17. The number of hydrogen-bond donors (Lipinski definition) is 1. The van der Waals surface area contributed by atoms with E-state index in [9.17, 15) is 9.59 Å². The van der Waals surface area contributed by atoms with Crippen LogP contribution in [0.5, 0.6) is 0 Å². The zero-order chi connectivity index (χ0) is 12.0. The van der Waals surface area contributed by atoms with Crippen LogP contribution < -0.4 is 5.73 Å². The molecular formula is C11H21NO3. The number of ether oxygens (including phenoxy) is 1. The number of hydrogen-bond acceptors (Lipinski definition) is 4. The Balaban J connectivity index is 3.88. The van der Waals surface area contributed by atoms with Crippen LogP contribution in [0.3, 0.4) is 0 Å². The van der Waals surface area contributed by atoms with Crippen molar-refractivity contribution in [2.45, 2.75) is 40.2 Å². The minimum absolute atomic E-state index is 0.0832. The first-order chi connectivity index (χ1) is 6.84. The Hall–Kier alpha value is -0.900. The van der Waals surface area contributed by atoms with Crippen molar-refractivity contribution in [1.82, 2.24) is 0 Å². The molecule has 0 aromatic rings. The van der Waals surface area contributed by atoms with Gasteiger partial charge in [-0.2, -0.15) is 0 Å². The number of carbonyl (C=O) groups excluding carboxylic acids is 2. The molecule has 2 N–H and O–H groups in total. The summed E-state index contributed by atoms with van der Waals surface area (Å²) in [5, 5.41) is 0. The van der Waals surface area contributed by atoms with Crippen molar-refractivity contribution in [2.24, 2.45) is 17.6 Å². The number of esters is 1. The van der Waals surface area contributed by atoms with Crippen LogP contribution in [0, 0.1) is 11.8 Å². The second kappa shape index (κ2) is 6.56. The van der Waals surface area contributed by atoms with Crippen molar-refractivity contribution in [3.05, 3.63) is 0 Å². The molecule has 0 bridgehead atoms. The lowest BCUT2D eigenvalue weighted by atomic mass is 10.0. The van der Waals surface area contributed by atoms with Crippen molar-refractivity contribution in [3.63, 3.8) is 0 Å². The normalized spacial score (nSPS) is 13.0. The van der Waals surface area contributed by atoms with E-state index in [1.165, 1.54) is 0 Å². The van der Waals surface area contributed by atoms with E-state index in [4.69, 9.17) is 10.5 Å². The van der Waals surface area contributed by atoms with Gasteiger partial charge in [-0.25, -0.2) is 0 Å². The molecule has 4 heteroatoms. The minimum atomic E-state index is -0.620. The third kappa shape index (κ3) is 6.23. The van der Waals surface area contributed by atoms with Crippen LogP contribution in [-0.4, -0.2) is 24.4 Å². The summed E-state index contributed by atoms with van der Waals surface area (Å²) in [4.78, 5) is 22.5. The van der Waals surface area contributed by atoms with E-state index in [2.05, 4.69) is 0 Å². The van der Waals surface area contributed by atoms with E-state index in [0.717, 1.165) is 0 Å². The Labute approximate surface area is 91.2 Å². The molecule has 0 fully saturated rings. The minimum Gasteiger partial charge on any atom is -0.457 e. The van der Waals surface area contributed by atoms with Gasteiger partial charge in [-0.05, 0) is 12.3 Å². The van der Waals surface area contributed by atoms with Gasteiger partial charge in [-0.15, -0.1) is 0 Å². The van der Waals surface area contributed by atoms with E-state index in [-0.39, 0.29) is 18.3 Å². The molecule has 0 amide bonds.